The van der Waals surface area contributed by atoms with Crippen molar-refractivity contribution >= 4 is 5.91 Å². The van der Waals surface area contributed by atoms with Gasteiger partial charge in [-0.2, -0.15) is 0 Å². The van der Waals surface area contributed by atoms with Crippen LogP contribution in [0, 0.1) is 17.8 Å². The van der Waals surface area contributed by atoms with E-state index in [9.17, 15) is 4.79 Å². The lowest BCUT2D eigenvalue weighted by Gasteiger charge is -2.23. The fraction of sp³-hybridized carbons (Fsp3) is 0.933. The van der Waals surface area contributed by atoms with Gasteiger partial charge in [0.05, 0.1) is 0 Å². The second kappa shape index (κ2) is 7.25. The molecule has 4 heteroatoms. The van der Waals surface area contributed by atoms with Crippen LogP contribution in [0.5, 0.6) is 0 Å². The topological polar surface area (TPSA) is 49.6 Å². The Morgan fingerprint density at radius 1 is 1.37 bits per heavy atom. The molecule has 1 rings (SSSR count). The number of carbonyl (C=O) groups excluding carboxylic acids is 1. The summed E-state index contributed by atoms with van der Waals surface area (Å²) in [6.45, 7) is 8.98. The van der Waals surface area contributed by atoms with Crippen LogP contribution in [0.4, 0.5) is 0 Å². The maximum Gasteiger partial charge on any atom is 0.222 e. The predicted molar refractivity (Wildman–Crippen MR) is 79.8 cm³/mol. The van der Waals surface area contributed by atoms with E-state index >= 15 is 0 Å². The third-order valence-corrected chi connectivity index (χ3v) is 4.19. The fourth-order valence-electron chi connectivity index (χ4n) is 3.13. The van der Waals surface area contributed by atoms with Crippen LogP contribution < -0.4 is 5.73 Å². The van der Waals surface area contributed by atoms with Crippen molar-refractivity contribution < 1.29 is 4.79 Å². The SMILES string of the molecule is CC(C)CC(CN)CC(=O)N1CC(C)C(N(C)C)C1. The summed E-state index contributed by atoms with van der Waals surface area (Å²) in [7, 11) is 4.19. The van der Waals surface area contributed by atoms with E-state index in [2.05, 4.69) is 39.8 Å². The highest BCUT2D eigenvalue weighted by Gasteiger charge is 2.33. The van der Waals surface area contributed by atoms with Crippen molar-refractivity contribution in [2.24, 2.45) is 23.5 Å². The summed E-state index contributed by atoms with van der Waals surface area (Å²) in [5.41, 5.74) is 5.79. The van der Waals surface area contributed by atoms with Gasteiger partial charge in [-0.3, -0.25) is 4.79 Å². The largest absolute Gasteiger partial charge is 0.341 e. The van der Waals surface area contributed by atoms with Crippen LogP contribution in [0.3, 0.4) is 0 Å². The summed E-state index contributed by atoms with van der Waals surface area (Å²) in [5, 5.41) is 0. The highest BCUT2D eigenvalue weighted by Crippen LogP contribution is 2.23. The first-order valence-electron chi connectivity index (χ1n) is 7.49. The summed E-state index contributed by atoms with van der Waals surface area (Å²) >= 11 is 0. The van der Waals surface area contributed by atoms with E-state index in [1.165, 1.54) is 0 Å². The first-order valence-corrected chi connectivity index (χ1v) is 7.49. The molecule has 3 unspecified atom stereocenters. The Bertz CT molecular complexity index is 291. The number of hydrogen-bond acceptors (Lipinski definition) is 3. The Kier molecular flexibility index (Phi) is 6.27. The molecule has 1 heterocycles. The van der Waals surface area contributed by atoms with E-state index in [1.54, 1.807) is 0 Å². The van der Waals surface area contributed by atoms with Crippen molar-refractivity contribution in [1.29, 1.82) is 0 Å². The minimum Gasteiger partial charge on any atom is -0.341 e. The van der Waals surface area contributed by atoms with Gasteiger partial charge in [-0.15, -0.1) is 0 Å². The van der Waals surface area contributed by atoms with Gasteiger partial charge in [-0.1, -0.05) is 20.8 Å². The van der Waals surface area contributed by atoms with Crippen LogP contribution in [0.15, 0.2) is 0 Å². The number of nitrogens with two attached hydrogens (primary N) is 1. The first-order chi connectivity index (χ1) is 8.85. The van der Waals surface area contributed by atoms with Gasteiger partial charge in [0.1, 0.15) is 0 Å². The molecule has 1 aliphatic heterocycles. The minimum atomic E-state index is 0.285. The molecule has 0 aromatic rings. The second-order valence-electron chi connectivity index (χ2n) is 6.74. The van der Waals surface area contributed by atoms with Gasteiger partial charge in [-0.25, -0.2) is 0 Å². The van der Waals surface area contributed by atoms with Crippen molar-refractivity contribution in [2.75, 3.05) is 33.7 Å². The third-order valence-electron chi connectivity index (χ3n) is 4.19. The Labute approximate surface area is 118 Å². The molecule has 0 aliphatic carbocycles. The molecular formula is C15H31N3O. The Morgan fingerprint density at radius 3 is 2.42 bits per heavy atom. The first kappa shape index (κ1) is 16.4. The van der Waals surface area contributed by atoms with E-state index < -0.39 is 0 Å². The van der Waals surface area contributed by atoms with Gasteiger partial charge in [0, 0.05) is 25.6 Å². The van der Waals surface area contributed by atoms with Crippen LogP contribution in [-0.4, -0.2) is 55.5 Å². The summed E-state index contributed by atoms with van der Waals surface area (Å²) in [6, 6.07) is 0.491. The molecule has 0 radical (unpaired) electrons. The highest BCUT2D eigenvalue weighted by atomic mass is 16.2. The van der Waals surface area contributed by atoms with Crippen LogP contribution >= 0.6 is 0 Å². The van der Waals surface area contributed by atoms with E-state index in [0.29, 0.717) is 36.8 Å². The zero-order valence-corrected chi connectivity index (χ0v) is 13.2. The molecule has 2 N–H and O–H groups in total. The average Bonchev–Trinajstić information content (AvgIpc) is 2.70. The van der Waals surface area contributed by atoms with Crippen LogP contribution in [0.2, 0.25) is 0 Å². The summed E-state index contributed by atoms with van der Waals surface area (Å²) in [4.78, 5) is 16.6. The molecular weight excluding hydrogens is 238 g/mol. The summed E-state index contributed by atoms with van der Waals surface area (Å²) in [6.07, 6.45) is 1.66. The second-order valence-corrected chi connectivity index (χ2v) is 6.74. The van der Waals surface area contributed by atoms with Gasteiger partial charge in [-0.05, 0) is 44.8 Å². The molecule has 112 valence electrons. The molecule has 0 saturated carbocycles. The maximum atomic E-state index is 12.4. The van der Waals surface area contributed by atoms with Crippen LogP contribution in [0.25, 0.3) is 0 Å². The van der Waals surface area contributed by atoms with E-state index in [1.807, 2.05) is 4.90 Å². The number of carbonyl (C=O) groups is 1. The van der Waals surface area contributed by atoms with Crippen LogP contribution in [-0.2, 0) is 4.79 Å². The lowest BCUT2D eigenvalue weighted by atomic mass is 9.94. The van der Waals surface area contributed by atoms with Gasteiger partial charge < -0.3 is 15.5 Å². The van der Waals surface area contributed by atoms with Crippen molar-refractivity contribution in [3.05, 3.63) is 0 Å². The Hall–Kier alpha value is -0.610. The number of likely N-dealkylation sites (N-methyl/N-ethyl adjacent to an activating group) is 1. The van der Waals surface area contributed by atoms with Crippen LogP contribution in [0.1, 0.15) is 33.6 Å². The number of amides is 1. The molecule has 1 fully saturated rings. The number of nitrogens with zero attached hydrogens (tertiary/aromatic N) is 2. The molecule has 1 amide bonds. The van der Waals surface area contributed by atoms with E-state index in [0.717, 1.165) is 19.5 Å². The zero-order valence-electron chi connectivity index (χ0n) is 13.2. The van der Waals surface area contributed by atoms with E-state index in [4.69, 9.17) is 5.73 Å². The number of likely N-dealkylation sites (tertiary alicyclic amines) is 1. The monoisotopic (exact) mass is 269 g/mol. The van der Waals surface area contributed by atoms with Gasteiger partial charge in [0.15, 0.2) is 0 Å². The molecule has 0 aromatic heterocycles. The average molecular weight is 269 g/mol. The molecule has 19 heavy (non-hydrogen) atoms. The smallest absolute Gasteiger partial charge is 0.222 e. The summed E-state index contributed by atoms with van der Waals surface area (Å²) < 4.78 is 0. The number of hydrogen-bond donors (Lipinski definition) is 1. The van der Waals surface area contributed by atoms with Gasteiger partial charge >= 0.3 is 0 Å². The fourth-order valence-corrected chi connectivity index (χ4v) is 3.13. The summed E-state index contributed by atoms with van der Waals surface area (Å²) in [5.74, 6) is 1.78. The minimum absolute atomic E-state index is 0.285. The third kappa shape index (κ3) is 4.77. The molecule has 3 atom stereocenters. The van der Waals surface area contributed by atoms with Crippen molar-refractivity contribution in [2.45, 2.75) is 39.7 Å². The van der Waals surface area contributed by atoms with Gasteiger partial charge in [0.2, 0.25) is 5.91 Å². The molecule has 1 saturated heterocycles. The Balaban J connectivity index is 2.50. The molecule has 0 spiro atoms. The van der Waals surface area contributed by atoms with Crippen molar-refractivity contribution in [1.82, 2.24) is 9.80 Å². The zero-order chi connectivity index (χ0) is 14.6. The standard InChI is InChI=1S/C15H31N3O/c1-11(2)6-13(8-16)7-15(19)18-9-12(3)14(10-18)17(4)5/h11-14H,6-10,16H2,1-5H3. The predicted octanol–water partition coefficient (Wildman–Crippen LogP) is 1.41. The molecule has 0 bridgehead atoms. The normalized spacial score (nSPS) is 25.4. The molecule has 1 aliphatic rings. The highest BCUT2D eigenvalue weighted by molar-refractivity contribution is 5.76. The Morgan fingerprint density at radius 2 is 2.00 bits per heavy atom. The molecule has 0 aromatic carbocycles. The maximum absolute atomic E-state index is 12.4. The van der Waals surface area contributed by atoms with Crippen molar-refractivity contribution in [3.63, 3.8) is 0 Å². The lowest BCUT2D eigenvalue weighted by molar-refractivity contribution is -0.131. The van der Waals surface area contributed by atoms with Gasteiger partial charge in [0.25, 0.3) is 0 Å². The van der Waals surface area contributed by atoms with Crippen molar-refractivity contribution in [3.8, 4) is 0 Å². The quantitative estimate of drug-likeness (QED) is 0.793. The van der Waals surface area contributed by atoms with E-state index in [-0.39, 0.29) is 5.91 Å². The lowest BCUT2D eigenvalue weighted by Crippen LogP contribution is -2.36. The number of rotatable bonds is 6. The molecule has 4 nitrogen and oxygen atoms in total.